The third-order valence-electron chi connectivity index (χ3n) is 4.19. The molecule has 2 unspecified atom stereocenters. The maximum atomic E-state index is 12.0. The van der Waals surface area contributed by atoms with Crippen LogP contribution in [0.1, 0.15) is 43.0 Å². The molecule has 0 radical (unpaired) electrons. The molecule has 2 N–H and O–H groups in total. The second-order valence-corrected chi connectivity index (χ2v) is 5.86. The standard InChI is InChI=1S/C17H24N2O3/c1-12-6-3-4-9-15(12)19-16(20)11-18-14-8-5-7-13(10-14)17(21)22-2/h5,7-8,10,12,15,18H,3-4,6,9,11H2,1-2H3,(H,19,20). The van der Waals surface area contributed by atoms with Gasteiger partial charge in [0.05, 0.1) is 19.2 Å². The molecule has 1 saturated carbocycles. The molecule has 0 heterocycles. The number of benzene rings is 1. The summed E-state index contributed by atoms with van der Waals surface area (Å²) in [6.45, 7) is 2.39. The number of ether oxygens (including phenoxy) is 1. The lowest BCUT2D eigenvalue weighted by Crippen LogP contribution is -2.43. The number of amides is 1. The van der Waals surface area contributed by atoms with Crippen molar-refractivity contribution in [3.8, 4) is 0 Å². The Bertz CT molecular complexity index is 530. The Hall–Kier alpha value is -2.04. The fraction of sp³-hybridized carbons (Fsp3) is 0.529. The van der Waals surface area contributed by atoms with Crippen molar-refractivity contribution < 1.29 is 14.3 Å². The SMILES string of the molecule is COC(=O)c1cccc(NCC(=O)NC2CCCCC2C)c1. The van der Waals surface area contributed by atoms with Crippen LogP contribution in [0.3, 0.4) is 0 Å². The number of anilines is 1. The van der Waals surface area contributed by atoms with E-state index in [4.69, 9.17) is 0 Å². The normalized spacial score (nSPS) is 21.0. The monoisotopic (exact) mass is 304 g/mol. The Morgan fingerprint density at radius 1 is 1.27 bits per heavy atom. The quantitative estimate of drug-likeness (QED) is 0.821. The first-order valence-electron chi connectivity index (χ1n) is 7.81. The van der Waals surface area contributed by atoms with Crippen molar-refractivity contribution in [3.05, 3.63) is 29.8 Å². The van der Waals surface area contributed by atoms with Gasteiger partial charge in [0.15, 0.2) is 0 Å². The molecule has 1 aliphatic rings. The zero-order valence-electron chi connectivity index (χ0n) is 13.2. The number of hydrogen-bond donors (Lipinski definition) is 2. The molecule has 120 valence electrons. The van der Waals surface area contributed by atoms with Crippen molar-refractivity contribution >= 4 is 17.6 Å². The van der Waals surface area contributed by atoms with E-state index >= 15 is 0 Å². The Kier molecular flexibility index (Phi) is 5.81. The van der Waals surface area contributed by atoms with Gasteiger partial charge in [0.2, 0.25) is 5.91 Å². The van der Waals surface area contributed by atoms with Crippen LogP contribution >= 0.6 is 0 Å². The Balaban J connectivity index is 1.84. The fourth-order valence-corrected chi connectivity index (χ4v) is 2.84. The van der Waals surface area contributed by atoms with Crippen molar-refractivity contribution in [2.24, 2.45) is 5.92 Å². The lowest BCUT2D eigenvalue weighted by Gasteiger charge is -2.29. The van der Waals surface area contributed by atoms with Crippen LogP contribution in [-0.2, 0) is 9.53 Å². The molecule has 1 amide bonds. The number of hydrogen-bond acceptors (Lipinski definition) is 4. The van der Waals surface area contributed by atoms with Crippen molar-refractivity contribution in [2.45, 2.75) is 38.6 Å². The summed E-state index contributed by atoms with van der Waals surface area (Å²) in [5.41, 5.74) is 1.20. The fourth-order valence-electron chi connectivity index (χ4n) is 2.84. The highest BCUT2D eigenvalue weighted by Crippen LogP contribution is 2.23. The number of esters is 1. The van der Waals surface area contributed by atoms with E-state index < -0.39 is 0 Å². The third kappa shape index (κ3) is 4.48. The van der Waals surface area contributed by atoms with E-state index in [0.29, 0.717) is 11.5 Å². The Morgan fingerprint density at radius 2 is 2.05 bits per heavy atom. The topological polar surface area (TPSA) is 67.4 Å². The van der Waals surface area contributed by atoms with E-state index in [1.165, 1.54) is 26.4 Å². The van der Waals surface area contributed by atoms with Crippen LogP contribution in [0, 0.1) is 5.92 Å². The van der Waals surface area contributed by atoms with E-state index in [9.17, 15) is 9.59 Å². The van der Waals surface area contributed by atoms with Crippen molar-refractivity contribution in [1.29, 1.82) is 0 Å². The predicted molar refractivity (Wildman–Crippen MR) is 85.8 cm³/mol. The van der Waals surface area contributed by atoms with Gasteiger partial charge in [-0.3, -0.25) is 4.79 Å². The maximum absolute atomic E-state index is 12.0. The number of nitrogens with one attached hydrogen (secondary N) is 2. The maximum Gasteiger partial charge on any atom is 0.337 e. The summed E-state index contributed by atoms with van der Waals surface area (Å²) in [5.74, 6) is 0.145. The third-order valence-corrected chi connectivity index (χ3v) is 4.19. The first kappa shape index (κ1) is 16.3. The predicted octanol–water partition coefficient (Wildman–Crippen LogP) is 2.58. The molecule has 0 aromatic heterocycles. The Morgan fingerprint density at radius 3 is 2.77 bits per heavy atom. The van der Waals surface area contributed by atoms with Gasteiger partial charge in [-0.05, 0) is 37.0 Å². The molecule has 1 aromatic carbocycles. The zero-order chi connectivity index (χ0) is 15.9. The molecule has 0 spiro atoms. The number of carbonyl (C=O) groups excluding carboxylic acids is 2. The molecule has 1 aromatic rings. The summed E-state index contributed by atoms with van der Waals surface area (Å²) >= 11 is 0. The molecule has 5 heteroatoms. The lowest BCUT2D eigenvalue weighted by molar-refractivity contribution is -0.120. The van der Waals surface area contributed by atoms with Crippen LogP contribution in [0.4, 0.5) is 5.69 Å². The van der Waals surface area contributed by atoms with Gasteiger partial charge in [0, 0.05) is 11.7 Å². The van der Waals surface area contributed by atoms with Crippen LogP contribution in [0.25, 0.3) is 0 Å². The van der Waals surface area contributed by atoms with Crippen molar-refractivity contribution in [3.63, 3.8) is 0 Å². The van der Waals surface area contributed by atoms with Gasteiger partial charge in [0.25, 0.3) is 0 Å². The number of rotatable bonds is 5. The van der Waals surface area contributed by atoms with E-state index in [0.717, 1.165) is 12.1 Å². The highest BCUT2D eigenvalue weighted by Gasteiger charge is 2.22. The second kappa shape index (κ2) is 7.82. The van der Waals surface area contributed by atoms with Gasteiger partial charge >= 0.3 is 5.97 Å². The first-order chi connectivity index (χ1) is 10.6. The summed E-state index contributed by atoms with van der Waals surface area (Å²) in [4.78, 5) is 23.5. The van der Waals surface area contributed by atoms with Crippen molar-refractivity contribution in [1.82, 2.24) is 5.32 Å². The molecular weight excluding hydrogens is 280 g/mol. The highest BCUT2D eigenvalue weighted by atomic mass is 16.5. The molecule has 1 fully saturated rings. The summed E-state index contributed by atoms with van der Waals surface area (Å²) < 4.78 is 4.68. The smallest absolute Gasteiger partial charge is 0.337 e. The van der Waals surface area contributed by atoms with Crippen LogP contribution in [0.2, 0.25) is 0 Å². The van der Waals surface area contributed by atoms with Gasteiger partial charge in [-0.1, -0.05) is 25.8 Å². The van der Waals surface area contributed by atoms with Gasteiger partial charge in [-0.2, -0.15) is 0 Å². The highest BCUT2D eigenvalue weighted by molar-refractivity contribution is 5.90. The zero-order valence-corrected chi connectivity index (χ0v) is 13.2. The molecule has 1 aliphatic carbocycles. The van der Waals surface area contributed by atoms with Gasteiger partial charge < -0.3 is 15.4 Å². The molecule has 0 bridgehead atoms. The minimum Gasteiger partial charge on any atom is -0.465 e. The molecule has 22 heavy (non-hydrogen) atoms. The molecule has 0 saturated heterocycles. The van der Waals surface area contributed by atoms with E-state index in [1.807, 2.05) is 6.07 Å². The summed E-state index contributed by atoms with van der Waals surface area (Å²) in [5, 5.41) is 6.14. The lowest BCUT2D eigenvalue weighted by atomic mass is 9.86. The summed E-state index contributed by atoms with van der Waals surface area (Å²) in [6, 6.07) is 7.23. The second-order valence-electron chi connectivity index (χ2n) is 5.86. The van der Waals surface area contributed by atoms with Gasteiger partial charge in [-0.15, -0.1) is 0 Å². The van der Waals surface area contributed by atoms with Gasteiger partial charge in [0.1, 0.15) is 0 Å². The van der Waals surface area contributed by atoms with E-state index in [-0.39, 0.29) is 24.5 Å². The average molecular weight is 304 g/mol. The number of carbonyl (C=O) groups is 2. The molecule has 2 rings (SSSR count). The Labute approximate surface area is 131 Å². The van der Waals surface area contributed by atoms with E-state index in [1.54, 1.807) is 18.2 Å². The molecule has 5 nitrogen and oxygen atoms in total. The largest absolute Gasteiger partial charge is 0.465 e. The summed E-state index contributed by atoms with van der Waals surface area (Å²) in [7, 11) is 1.35. The first-order valence-corrected chi connectivity index (χ1v) is 7.81. The van der Waals surface area contributed by atoms with Crippen LogP contribution in [0.5, 0.6) is 0 Å². The average Bonchev–Trinajstić information content (AvgIpc) is 2.54. The molecule has 0 aliphatic heterocycles. The van der Waals surface area contributed by atoms with Gasteiger partial charge in [-0.25, -0.2) is 4.79 Å². The molecule has 2 atom stereocenters. The molecular formula is C17H24N2O3. The van der Waals surface area contributed by atoms with E-state index in [2.05, 4.69) is 22.3 Å². The van der Waals surface area contributed by atoms with Crippen LogP contribution in [-0.4, -0.2) is 31.6 Å². The summed E-state index contributed by atoms with van der Waals surface area (Å²) in [6.07, 6.45) is 4.68. The van der Waals surface area contributed by atoms with Crippen molar-refractivity contribution in [2.75, 3.05) is 19.0 Å². The van der Waals surface area contributed by atoms with Crippen LogP contribution in [0.15, 0.2) is 24.3 Å². The van der Waals surface area contributed by atoms with Crippen LogP contribution < -0.4 is 10.6 Å². The minimum atomic E-state index is -0.385. The number of methoxy groups -OCH3 is 1. The minimum absolute atomic E-state index is 0.0118.